The Kier molecular flexibility index (Phi) is 2.89. The first-order chi connectivity index (χ1) is 6.15. The summed E-state index contributed by atoms with van der Waals surface area (Å²) in [5.41, 5.74) is 1.18. The number of carbonyl (C=O) groups is 1. The van der Waals surface area contributed by atoms with Crippen molar-refractivity contribution in [3.63, 3.8) is 0 Å². The average Bonchev–Trinajstić information content (AvgIpc) is 2.43. The molecule has 72 valence electrons. The molecule has 0 spiro atoms. The van der Waals surface area contributed by atoms with Gasteiger partial charge in [0.15, 0.2) is 0 Å². The van der Waals surface area contributed by atoms with Gasteiger partial charge in [-0.2, -0.15) is 0 Å². The van der Waals surface area contributed by atoms with Gasteiger partial charge in [-0.15, -0.1) is 0 Å². The van der Waals surface area contributed by atoms with E-state index in [4.69, 9.17) is 0 Å². The van der Waals surface area contributed by atoms with Gasteiger partial charge in [-0.3, -0.25) is 14.7 Å². The number of hydrogen-bond acceptors (Lipinski definition) is 2. The summed E-state index contributed by atoms with van der Waals surface area (Å²) in [5.74, 6) is -0.0556. The topological polar surface area (TPSA) is 77.8 Å². The molecule has 1 rings (SSSR count). The van der Waals surface area contributed by atoms with Gasteiger partial charge in [0, 0.05) is 12.1 Å². The highest BCUT2D eigenvalue weighted by atomic mass is 16.1. The number of aryl methyl sites for hydroxylation is 1. The first kappa shape index (κ1) is 9.57. The fourth-order valence-electron chi connectivity index (χ4n) is 0.997. The molecule has 3 N–H and O–H groups in total. The number of carbonyl (C=O) groups excluding carboxylic acids is 1. The molecule has 0 atom stereocenters. The summed E-state index contributed by atoms with van der Waals surface area (Å²) in [6.45, 7) is 3.84. The molecule has 1 heterocycles. The quantitative estimate of drug-likeness (QED) is 0.618. The lowest BCUT2D eigenvalue weighted by molar-refractivity contribution is -0.120. The molecule has 0 aromatic carbocycles. The zero-order valence-corrected chi connectivity index (χ0v) is 7.73. The molecule has 0 unspecified atom stereocenters. The van der Waals surface area contributed by atoms with E-state index in [9.17, 15) is 9.59 Å². The van der Waals surface area contributed by atoms with Gasteiger partial charge in [-0.05, 0) is 6.92 Å². The Morgan fingerprint density at radius 1 is 1.46 bits per heavy atom. The van der Waals surface area contributed by atoms with Crippen LogP contribution in [0.15, 0.2) is 4.79 Å². The Labute approximate surface area is 75.5 Å². The predicted octanol–water partition coefficient (Wildman–Crippen LogP) is 0.0376. The number of aromatic amines is 2. The molecule has 0 saturated carbocycles. The van der Waals surface area contributed by atoms with Crippen LogP contribution in [0, 0.1) is 6.92 Å². The van der Waals surface area contributed by atoms with E-state index in [-0.39, 0.29) is 18.0 Å². The van der Waals surface area contributed by atoms with Gasteiger partial charge in [0.05, 0.1) is 12.1 Å². The second-order valence-corrected chi connectivity index (χ2v) is 2.81. The summed E-state index contributed by atoms with van der Waals surface area (Å²) in [6.07, 6.45) is 0.432. The Hall–Kier alpha value is -1.52. The van der Waals surface area contributed by atoms with Gasteiger partial charge in [0.2, 0.25) is 5.91 Å². The van der Waals surface area contributed by atoms with E-state index in [1.807, 2.05) is 0 Å². The first-order valence-corrected chi connectivity index (χ1v) is 4.18. The minimum absolute atomic E-state index is 0.0556. The Morgan fingerprint density at radius 3 is 2.62 bits per heavy atom. The van der Waals surface area contributed by atoms with Crippen LogP contribution in [0.25, 0.3) is 0 Å². The molecule has 1 aromatic heterocycles. The number of rotatable bonds is 3. The van der Waals surface area contributed by atoms with Crippen LogP contribution >= 0.6 is 0 Å². The van der Waals surface area contributed by atoms with E-state index in [0.717, 1.165) is 5.69 Å². The highest BCUT2D eigenvalue weighted by Gasteiger charge is 2.06. The molecule has 5 nitrogen and oxygen atoms in total. The summed E-state index contributed by atoms with van der Waals surface area (Å²) in [5, 5.41) is 7.77. The van der Waals surface area contributed by atoms with Crippen molar-refractivity contribution < 1.29 is 4.79 Å². The van der Waals surface area contributed by atoms with Crippen LogP contribution in [-0.2, 0) is 11.3 Å². The first-order valence-electron chi connectivity index (χ1n) is 4.18. The van der Waals surface area contributed by atoms with Gasteiger partial charge in [0.1, 0.15) is 0 Å². The van der Waals surface area contributed by atoms with Crippen LogP contribution in [0.1, 0.15) is 24.6 Å². The maximum atomic E-state index is 11.1. The van der Waals surface area contributed by atoms with Crippen LogP contribution < -0.4 is 10.9 Å². The molecular weight excluding hydrogens is 170 g/mol. The number of nitrogens with one attached hydrogen (secondary N) is 3. The normalized spacial score (nSPS) is 10.0. The lowest BCUT2D eigenvalue weighted by Gasteiger charge is -2.00. The second kappa shape index (κ2) is 3.93. The monoisotopic (exact) mass is 183 g/mol. The van der Waals surface area contributed by atoms with Gasteiger partial charge in [-0.1, -0.05) is 6.92 Å². The molecule has 0 fully saturated rings. The Morgan fingerprint density at radius 2 is 2.15 bits per heavy atom. The molecule has 13 heavy (non-hydrogen) atoms. The third kappa shape index (κ3) is 2.21. The van der Waals surface area contributed by atoms with E-state index in [1.165, 1.54) is 0 Å². The van der Waals surface area contributed by atoms with E-state index in [0.29, 0.717) is 12.0 Å². The highest BCUT2D eigenvalue weighted by molar-refractivity contribution is 5.75. The van der Waals surface area contributed by atoms with Crippen LogP contribution in [-0.4, -0.2) is 16.1 Å². The van der Waals surface area contributed by atoms with Crippen molar-refractivity contribution in [2.24, 2.45) is 0 Å². The third-order valence-electron chi connectivity index (χ3n) is 1.87. The zero-order chi connectivity index (χ0) is 9.84. The van der Waals surface area contributed by atoms with E-state index >= 15 is 0 Å². The van der Waals surface area contributed by atoms with Crippen LogP contribution in [0.5, 0.6) is 0 Å². The molecule has 0 aliphatic heterocycles. The molecule has 0 bridgehead atoms. The summed E-state index contributed by atoms with van der Waals surface area (Å²) in [6, 6.07) is 0. The Bertz CT molecular complexity index is 351. The summed E-state index contributed by atoms with van der Waals surface area (Å²) in [4.78, 5) is 22.0. The molecule has 0 radical (unpaired) electrons. The molecule has 5 heteroatoms. The van der Waals surface area contributed by atoms with Crippen LogP contribution in [0.3, 0.4) is 0 Å². The maximum absolute atomic E-state index is 11.1. The average molecular weight is 183 g/mol. The van der Waals surface area contributed by atoms with E-state index in [2.05, 4.69) is 15.5 Å². The molecule has 0 saturated heterocycles. The van der Waals surface area contributed by atoms with Crippen LogP contribution in [0.2, 0.25) is 0 Å². The minimum Gasteiger partial charge on any atom is -0.352 e. The molecular formula is C8H13N3O2. The number of amides is 1. The smallest absolute Gasteiger partial charge is 0.269 e. The molecule has 1 aromatic rings. The summed E-state index contributed by atoms with van der Waals surface area (Å²) >= 11 is 0. The lowest BCUT2D eigenvalue weighted by Crippen LogP contribution is -2.24. The summed E-state index contributed by atoms with van der Waals surface area (Å²) < 4.78 is 0. The van der Waals surface area contributed by atoms with E-state index in [1.54, 1.807) is 13.8 Å². The molecule has 0 aliphatic rings. The Balaban J connectivity index is 2.64. The van der Waals surface area contributed by atoms with Crippen molar-refractivity contribution in [2.75, 3.05) is 0 Å². The fraction of sp³-hybridized carbons (Fsp3) is 0.500. The van der Waals surface area contributed by atoms with Crippen molar-refractivity contribution in [3.8, 4) is 0 Å². The van der Waals surface area contributed by atoms with Crippen molar-refractivity contribution in [1.82, 2.24) is 15.5 Å². The van der Waals surface area contributed by atoms with E-state index < -0.39 is 0 Å². The molecule has 0 aliphatic carbocycles. The van der Waals surface area contributed by atoms with Crippen LogP contribution in [0.4, 0.5) is 0 Å². The number of aromatic nitrogens is 2. The van der Waals surface area contributed by atoms with Gasteiger partial charge < -0.3 is 10.4 Å². The highest BCUT2D eigenvalue weighted by Crippen LogP contribution is 1.95. The lowest BCUT2D eigenvalue weighted by atomic mass is 10.2. The fourth-order valence-corrected chi connectivity index (χ4v) is 0.997. The second-order valence-electron chi connectivity index (χ2n) is 2.81. The molecule has 1 amide bonds. The van der Waals surface area contributed by atoms with Gasteiger partial charge >= 0.3 is 0 Å². The zero-order valence-electron chi connectivity index (χ0n) is 7.73. The number of hydrogen-bond donors (Lipinski definition) is 3. The standard InChI is InChI=1S/C8H13N3O2/c1-3-7(12)9-4-6-5(2)10-11-8(6)13/h3-4H2,1-2H3,(H,9,12)(H2,10,11,13). The third-order valence-corrected chi connectivity index (χ3v) is 1.87. The minimum atomic E-state index is -0.172. The number of H-pyrrole nitrogens is 2. The van der Waals surface area contributed by atoms with Gasteiger partial charge in [-0.25, -0.2) is 0 Å². The van der Waals surface area contributed by atoms with Crippen molar-refractivity contribution >= 4 is 5.91 Å². The largest absolute Gasteiger partial charge is 0.352 e. The van der Waals surface area contributed by atoms with Crippen molar-refractivity contribution in [3.05, 3.63) is 21.6 Å². The van der Waals surface area contributed by atoms with Crippen molar-refractivity contribution in [1.29, 1.82) is 0 Å². The van der Waals surface area contributed by atoms with Crippen molar-refractivity contribution in [2.45, 2.75) is 26.8 Å². The van der Waals surface area contributed by atoms with Gasteiger partial charge in [0.25, 0.3) is 5.56 Å². The summed E-state index contributed by atoms with van der Waals surface area (Å²) in [7, 11) is 0. The predicted molar refractivity (Wildman–Crippen MR) is 48.3 cm³/mol. The SMILES string of the molecule is CCC(=O)NCc1c(C)[nH][nH]c1=O. The maximum Gasteiger partial charge on any atom is 0.269 e.